The Morgan fingerprint density at radius 1 is 1.47 bits per heavy atom. The molecule has 1 aromatic heterocycles. The fraction of sp³-hybridized carbons (Fsp3) is 0.667. The number of halogens is 2. The van der Waals surface area contributed by atoms with Crippen molar-refractivity contribution in [2.75, 3.05) is 26.2 Å². The summed E-state index contributed by atoms with van der Waals surface area (Å²) in [6.45, 7) is 4.64. The smallest absolute Gasteiger partial charge is 0.289 e. The molecule has 0 bridgehead atoms. The molecule has 0 radical (unpaired) electrons. The van der Waals surface area contributed by atoms with Crippen LogP contribution in [0.2, 0.25) is 0 Å². The van der Waals surface area contributed by atoms with Crippen molar-refractivity contribution in [1.82, 2.24) is 15.2 Å². The molecule has 2 heterocycles. The molecule has 1 aliphatic rings. The molecule has 1 saturated heterocycles. The lowest BCUT2D eigenvalue weighted by atomic mass is 10.3. The first-order valence-corrected chi connectivity index (χ1v) is 5.73. The SMILES string of the molecule is FC(F)c1ncc(CN2CCNCC2)s1. The summed E-state index contributed by atoms with van der Waals surface area (Å²) < 4.78 is 24.6. The summed E-state index contributed by atoms with van der Waals surface area (Å²) in [5.74, 6) is 0. The number of thiazole rings is 1. The third kappa shape index (κ3) is 2.93. The summed E-state index contributed by atoms with van der Waals surface area (Å²) in [6.07, 6.45) is -0.874. The van der Waals surface area contributed by atoms with Gasteiger partial charge in [0.25, 0.3) is 6.43 Å². The summed E-state index contributed by atoms with van der Waals surface area (Å²) in [5, 5.41) is 3.18. The molecule has 1 aliphatic heterocycles. The molecule has 3 nitrogen and oxygen atoms in total. The Hall–Kier alpha value is -0.590. The van der Waals surface area contributed by atoms with Gasteiger partial charge in [-0.15, -0.1) is 11.3 Å². The number of nitrogens with zero attached hydrogens (tertiary/aromatic N) is 2. The van der Waals surface area contributed by atoms with E-state index in [9.17, 15) is 8.78 Å². The molecule has 1 fully saturated rings. The van der Waals surface area contributed by atoms with Gasteiger partial charge in [0.15, 0.2) is 5.01 Å². The fourth-order valence-corrected chi connectivity index (χ4v) is 2.40. The Balaban J connectivity index is 1.91. The van der Waals surface area contributed by atoms with Gasteiger partial charge in [-0.1, -0.05) is 0 Å². The predicted octanol–water partition coefficient (Wildman–Crippen LogP) is 1.49. The summed E-state index contributed by atoms with van der Waals surface area (Å²) in [4.78, 5) is 6.88. The molecule has 2 rings (SSSR count). The highest BCUT2D eigenvalue weighted by atomic mass is 32.1. The number of piperazine rings is 1. The zero-order chi connectivity index (χ0) is 10.7. The maximum Gasteiger partial charge on any atom is 0.289 e. The van der Waals surface area contributed by atoms with Gasteiger partial charge in [0.2, 0.25) is 0 Å². The Morgan fingerprint density at radius 3 is 2.80 bits per heavy atom. The first-order chi connectivity index (χ1) is 7.25. The van der Waals surface area contributed by atoms with Gasteiger partial charge in [0.05, 0.1) is 0 Å². The lowest BCUT2D eigenvalue weighted by molar-refractivity contribution is 0.151. The van der Waals surface area contributed by atoms with E-state index in [1.54, 1.807) is 6.20 Å². The molecule has 0 atom stereocenters. The minimum atomic E-state index is -2.44. The molecule has 0 unspecified atom stereocenters. The van der Waals surface area contributed by atoms with Crippen LogP contribution in [-0.4, -0.2) is 36.1 Å². The maximum atomic E-state index is 12.3. The van der Waals surface area contributed by atoms with Crippen molar-refractivity contribution in [3.05, 3.63) is 16.1 Å². The highest BCUT2D eigenvalue weighted by Crippen LogP contribution is 2.24. The number of rotatable bonds is 3. The van der Waals surface area contributed by atoms with Crippen LogP contribution < -0.4 is 5.32 Å². The lowest BCUT2D eigenvalue weighted by Gasteiger charge is -2.26. The van der Waals surface area contributed by atoms with Gasteiger partial charge in [-0.3, -0.25) is 4.90 Å². The standard InChI is InChI=1S/C9H13F2N3S/c10-8(11)9-13-5-7(15-9)6-14-3-1-12-2-4-14/h5,8,12H,1-4,6H2. The minimum absolute atomic E-state index is 0.0693. The summed E-state index contributed by atoms with van der Waals surface area (Å²) in [5.41, 5.74) is 0. The minimum Gasteiger partial charge on any atom is -0.314 e. The van der Waals surface area contributed by atoms with Crippen LogP contribution in [0.1, 0.15) is 16.3 Å². The van der Waals surface area contributed by atoms with Crippen molar-refractivity contribution >= 4 is 11.3 Å². The molecule has 84 valence electrons. The highest BCUT2D eigenvalue weighted by Gasteiger charge is 2.15. The molecule has 0 aromatic carbocycles. The monoisotopic (exact) mass is 233 g/mol. The topological polar surface area (TPSA) is 28.2 Å². The highest BCUT2D eigenvalue weighted by molar-refractivity contribution is 7.11. The van der Waals surface area contributed by atoms with Crippen LogP contribution in [0, 0.1) is 0 Å². The van der Waals surface area contributed by atoms with Gasteiger partial charge in [-0.25, -0.2) is 13.8 Å². The molecule has 1 N–H and O–H groups in total. The molecule has 0 amide bonds. The maximum absolute atomic E-state index is 12.3. The van der Waals surface area contributed by atoms with Crippen LogP contribution in [0.15, 0.2) is 6.20 Å². The van der Waals surface area contributed by atoms with Gasteiger partial charge in [0, 0.05) is 43.8 Å². The van der Waals surface area contributed by atoms with Crippen molar-refractivity contribution < 1.29 is 8.78 Å². The quantitative estimate of drug-likeness (QED) is 0.857. The van der Waals surface area contributed by atoms with E-state index in [1.807, 2.05) is 0 Å². The van der Waals surface area contributed by atoms with Gasteiger partial charge in [-0.05, 0) is 0 Å². The van der Waals surface area contributed by atoms with E-state index in [1.165, 1.54) is 0 Å². The number of aromatic nitrogens is 1. The number of hydrogen-bond acceptors (Lipinski definition) is 4. The molecule has 0 aliphatic carbocycles. The zero-order valence-electron chi connectivity index (χ0n) is 8.25. The average molecular weight is 233 g/mol. The van der Waals surface area contributed by atoms with E-state index in [4.69, 9.17) is 0 Å². The third-order valence-electron chi connectivity index (χ3n) is 2.35. The van der Waals surface area contributed by atoms with E-state index < -0.39 is 6.43 Å². The second-order valence-electron chi connectivity index (χ2n) is 3.49. The van der Waals surface area contributed by atoms with E-state index in [0.29, 0.717) is 0 Å². The van der Waals surface area contributed by atoms with E-state index in [0.717, 1.165) is 48.9 Å². The van der Waals surface area contributed by atoms with Crippen molar-refractivity contribution in [2.24, 2.45) is 0 Å². The Morgan fingerprint density at radius 2 is 2.20 bits per heavy atom. The Kier molecular flexibility index (Phi) is 3.61. The summed E-state index contributed by atoms with van der Waals surface area (Å²) in [7, 11) is 0. The van der Waals surface area contributed by atoms with Crippen molar-refractivity contribution in [3.8, 4) is 0 Å². The van der Waals surface area contributed by atoms with E-state index in [-0.39, 0.29) is 5.01 Å². The van der Waals surface area contributed by atoms with Crippen LogP contribution in [0.25, 0.3) is 0 Å². The van der Waals surface area contributed by atoms with Gasteiger partial charge < -0.3 is 5.32 Å². The molecular weight excluding hydrogens is 220 g/mol. The van der Waals surface area contributed by atoms with Crippen molar-refractivity contribution in [3.63, 3.8) is 0 Å². The van der Waals surface area contributed by atoms with Crippen LogP contribution in [0.4, 0.5) is 8.78 Å². The predicted molar refractivity (Wildman–Crippen MR) is 55.2 cm³/mol. The van der Waals surface area contributed by atoms with Crippen LogP contribution in [0.3, 0.4) is 0 Å². The molecule has 0 spiro atoms. The zero-order valence-corrected chi connectivity index (χ0v) is 9.07. The molecule has 0 saturated carbocycles. The third-order valence-corrected chi connectivity index (χ3v) is 3.34. The van der Waals surface area contributed by atoms with Gasteiger partial charge in [0.1, 0.15) is 0 Å². The molecule has 6 heteroatoms. The average Bonchev–Trinajstić information content (AvgIpc) is 2.68. The molecule has 15 heavy (non-hydrogen) atoms. The largest absolute Gasteiger partial charge is 0.314 e. The normalized spacial score (nSPS) is 18.6. The van der Waals surface area contributed by atoms with Crippen LogP contribution in [-0.2, 0) is 6.54 Å². The molecule has 1 aromatic rings. The number of nitrogens with one attached hydrogen (secondary N) is 1. The lowest BCUT2D eigenvalue weighted by Crippen LogP contribution is -2.42. The Labute approximate surface area is 91.1 Å². The Bertz CT molecular complexity index is 310. The summed E-state index contributed by atoms with van der Waals surface area (Å²) >= 11 is 1.11. The fourth-order valence-electron chi connectivity index (χ4n) is 1.59. The van der Waals surface area contributed by atoms with Gasteiger partial charge >= 0.3 is 0 Å². The van der Waals surface area contributed by atoms with Crippen molar-refractivity contribution in [1.29, 1.82) is 0 Å². The van der Waals surface area contributed by atoms with E-state index in [2.05, 4.69) is 15.2 Å². The van der Waals surface area contributed by atoms with Crippen molar-refractivity contribution in [2.45, 2.75) is 13.0 Å². The number of hydrogen-bond donors (Lipinski definition) is 1. The molecular formula is C9H13F2N3S. The second kappa shape index (κ2) is 4.96. The van der Waals surface area contributed by atoms with E-state index >= 15 is 0 Å². The summed E-state index contributed by atoms with van der Waals surface area (Å²) in [6, 6.07) is 0. The second-order valence-corrected chi connectivity index (χ2v) is 4.64. The van der Waals surface area contributed by atoms with Crippen LogP contribution in [0.5, 0.6) is 0 Å². The first-order valence-electron chi connectivity index (χ1n) is 4.91. The van der Waals surface area contributed by atoms with Gasteiger partial charge in [-0.2, -0.15) is 0 Å². The first kappa shape index (κ1) is 10.9. The van der Waals surface area contributed by atoms with Crippen LogP contribution >= 0.6 is 11.3 Å². The number of alkyl halides is 2.